The van der Waals surface area contributed by atoms with Gasteiger partial charge in [0.05, 0.1) is 19.6 Å². The third-order valence-corrected chi connectivity index (χ3v) is 5.29. The largest absolute Gasteiger partial charge is 0.507 e. The van der Waals surface area contributed by atoms with Crippen LogP contribution in [0.5, 0.6) is 0 Å². The van der Waals surface area contributed by atoms with Crippen LogP contribution in [0.2, 0.25) is 0 Å². The van der Waals surface area contributed by atoms with Crippen molar-refractivity contribution >= 4 is 23.1 Å². The predicted molar refractivity (Wildman–Crippen MR) is 115 cm³/mol. The van der Waals surface area contributed by atoms with Crippen molar-refractivity contribution in [3.05, 3.63) is 77.4 Å². The Labute approximate surface area is 180 Å². The van der Waals surface area contributed by atoms with Gasteiger partial charge >= 0.3 is 0 Å². The molecular weight excluding hydrogens is 398 g/mol. The molecule has 1 spiro atoms. The number of hydrogen-bond donors (Lipinski definition) is 2. The summed E-state index contributed by atoms with van der Waals surface area (Å²) >= 11 is 0. The van der Waals surface area contributed by atoms with Crippen molar-refractivity contribution < 1.29 is 29.0 Å². The molecule has 0 amide bonds. The molecule has 7 heteroatoms. The number of methoxy groups -OCH3 is 2. The number of allylic oxidation sites excluding steroid dienone is 3. The van der Waals surface area contributed by atoms with Crippen molar-refractivity contribution in [1.29, 1.82) is 0 Å². The average Bonchev–Trinajstić information content (AvgIpc) is 2.99. The molecule has 1 saturated heterocycles. The van der Waals surface area contributed by atoms with Gasteiger partial charge in [-0.1, -0.05) is 30.3 Å². The second kappa shape index (κ2) is 8.26. The molecule has 0 saturated carbocycles. The fourth-order valence-electron chi connectivity index (χ4n) is 4.00. The number of carbonyl (C=O) groups excluding carboxylic acids is 3. The monoisotopic (exact) mass is 423 g/mol. The highest BCUT2D eigenvalue weighted by molar-refractivity contribution is 6.46. The highest BCUT2D eigenvalue weighted by atomic mass is 16.5. The number of hydrogen-bond acceptors (Lipinski definition) is 7. The van der Waals surface area contributed by atoms with Crippen LogP contribution in [0.4, 0.5) is 0 Å². The van der Waals surface area contributed by atoms with Crippen LogP contribution < -0.4 is 5.32 Å². The van der Waals surface area contributed by atoms with Crippen molar-refractivity contribution in [2.45, 2.75) is 25.8 Å². The van der Waals surface area contributed by atoms with Gasteiger partial charge in [0.1, 0.15) is 11.5 Å². The van der Waals surface area contributed by atoms with E-state index < -0.39 is 22.5 Å². The van der Waals surface area contributed by atoms with E-state index in [4.69, 9.17) is 9.47 Å². The van der Waals surface area contributed by atoms with E-state index in [0.29, 0.717) is 23.4 Å². The van der Waals surface area contributed by atoms with Gasteiger partial charge in [-0.25, -0.2) is 0 Å². The maximum atomic E-state index is 12.7. The second-order valence-electron chi connectivity index (χ2n) is 8.13. The molecule has 1 aliphatic carbocycles. The van der Waals surface area contributed by atoms with E-state index >= 15 is 0 Å². The fraction of sp³-hybridized carbons (Fsp3) is 0.292. The van der Waals surface area contributed by atoms with Gasteiger partial charge in [0.15, 0.2) is 5.76 Å². The molecular formula is C24H25NO6. The molecule has 0 radical (unpaired) electrons. The Morgan fingerprint density at radius 2 is 1.77 bits per heavy atom. The molecule has 7 nitrogen and oxygen atoms in total. The Hall–Kier alpha value is -3.61. The Morgan fingerprint density at radius 3 is 2.39 bits per heavy atom. The normalized spacial score (nSPS) is 23.8. The number of nitrogens with one attached hydrogen (secondary N) is 1. The molecule has 0 aromatic heterocycles. The van der Waals surface area contributed by atoms with E-state index in [9.17, 15) is 19.5 Å². The van der Waals surface area contributed by atoms with Crippen LogP contribution >= 0.6 is 0 Å². The van der Waals surface area contributed by atoms with Crippen molar-refractivity contribution in [1.82, 2.24) is 5.32 Å². The van der Waals surface area contributed by atoms with Crippen molar-refractivity contribution in [3.8, 4) is 0 Å². The number of rotatable bonds is 6. The minimum Gasteiger partial charge on any atom is -0.507 e. The van der Waals surface area contributed by atoms with E-state index in [1.807, 2.05) is 13.8 Å². The Kier molecular flexibility index (Phi) is 5.88. The zero-order valence-corrected chi connectivity index (χ0v) is 17.9. The molecule has 1 aromatic carbocycles. The number of ether oxygens (including phenoxy) is 2. The summed E-state index contributed by atoms with van der Waals surface area (Å²) in [7, 11) is 2.84. The fourth-order valence-corrected chi connectivity index (χ4v) is 4.00. The summed E-state index contributed by atoms with van der Waals surface area (Å²) in [5, 5.41) is 13.4. The van der Waals surface area contributed by atoms with E-state index in [0.717, 1.165) is 6.08 Å². The van der Waals surface area contributed by atoms with Crippen LogP contribution in [-0.4, -0.2) is 42.2 Å². The van der Waals surface area contributed by atoms with Crippen molar-refractivity contribution in [3.63, 3.8) is 0 Å². The number of carbonyl (C=O) groups is 3. The summed E-state index contributed by atoms with van der Waals surface area (Å²) in [4.78, 5) is 37.4. The van der Waals surface area contributed by atoms with Gasteiger partial charge < -0.3 is 19.9 Å². The second-order valence-corrected chi connectivity index (χ2v) is 8.13. The summed E-state index contributed by atoms with van der Waals surface area (Å²) in [6.45, 7) is 3.88. The number of ketones is 3. The first-order valence-corrected chi connectivity index (χ1v) is 9.74. The molecule has 1 atom stereocenters. The van der Waals surface area contributed by atoms with Gasteiger partial charge in [0.25, 0.3) is 0 Å². The molecule has 1 heterocycles. The van der Waals surface area contributed by atoms with Crippen molar-refractivity contribution in [2.24, 2.45) is 5.41 Å². The molecule has 2 N–H and O–H groups in total. The maximum Gasteiger partial charge on any atom is 0.229 e. The summed E-state index contributed by atoms with van der Waals surface area (Å²) in [6, 6.07) is 8.46. The van der Waals surface area contributed by atoms with Gasteiger partial charge in [0, 0.05) is 35.0 Å². The molecule has 31 heavy (non-hydrogen) atoms. The molecule has 162 valence electrons. The van der Waals surface area contributed by atoms with E-state index in [1.54, 1.807) is 36.4 Å². The zero-order valence-electron chi connectivity index (χ0n) is 17.9. The van der Waals surface area contributed by atoms with Crippen LogP contribution in [0.15, 0.2) is 71.9 Å². The zero-order chi connectivity index (χ0) is 22.8. The lowest BCUT2D eigenvalue weighted by Crippen LogP contribution is -2.31. The number of benzene rings is 1. The van der Waals surface area contributed by atoms with E-state index in [1.165, 1.54) is 26.4 Å². The molecule has 1 aliphatic heterocycles. The molecule has 2 aliphatic rings. The highest BCUT2D eigenvalue weighted by Gasteiger charge is 2.52. The Balaban J connectivity index is 2.00. The highest BCUT2D eigenvalue weighted by Crippen LogP contribution is 2.51. The Bertz CT molecular complexity index is 1050. The lowest BCUT2D eigenvalue weighted by atomic mass is 9.74. The summed E-state index contributed by atoms with van der Waals surface area (Å²) < 4.78 is 10.7. The van der Waals surface area contributed by atoms with E-state index in [2.05, 4.69) is 5.32 Å². The van der Waals surface area contributed by atoms with Crippen LogP contribution in [-0.2, 0) is 23.9 Å². The molecule has 0 bridgehead atoms. The minimum absolute atomic E-state index is 0.131. The third-order valence-electron chi connectivity index (χ3n) is 5.29. The third kappa shape index (κ3) is 4.30. The van der Waals surface area contributed by atoms with E-state index in [-0.39, 0.29) is 17.3 Å². The van der Waals surface area contributed by atoms with Gasteiger partial charge in [-0.2, -0.15) is 0 Å². The first-order chi connectivity index (χ1) is 14.6. The van der Waals surface area contributed by atoms with Gasteiger partial charge in [-0.15, -0.1) is 0 Å². The lowest BCUT2D eigenvalue weighted by molar-refractivity contribution is -0.131. The quantitative estimate of drug-likeness (QED) is 0.412. The molecule has 1 unspecified atom stereocenters. The van der Waals surface area contributed by atoms with Crippen molar-refractivity contribution in [2.75, 3.05) is 14.2 Å². The lowest BCUT2D eigenvalue weighted by Gasteiger charge is -2.31. The summed E-state index contributed by atoms with van der Waals surface area (Å²) in [5.74, 6) is -1.85. The average molecular weight is 423 g/mol. The molecule has 1 aromatic rings. The SMILES string of the molecule is COC1=CC2(CC(C)(C)N/C2=C\C(=O)C(=O)/C=C(\O)c2ccccc2)C(OC)=CC1=O. The van der Waals surface area contributed by atoms with Crippen LogP contribution in [0.25, 0.3) is 5.76 Å². The van der Waals surface area contributed by atoms with Crippen LogP contribution in [0.1, 0.15) is 25.8 Å². The smallest absolute Gasteiger partial charge is 0.229 e. The Morgan fingerprint density at radius 1 is 1.10 bits per heavy atom. The first kappa shape index (κ1) is 22.1. The van der Waals surface area contributed by atoms with Gasteiger partial charge in [0.2, 0.25) is 17.3 Å². The predicted octanol–water partition coefficient (Wildman–Crippen LogP) is 3.01. The standard InChI is InChI=1S/C24H25NO6/c1-23(2)14-24(13-20(30-3)19(29)12-22(24)31-4)21(25-23)11-18(28)17(27)10-16(26)15-8-6-5-7-9-15/h5-13,25-26H,14H2,1-4H3/b16-10-,21-11-. The van der Waals surface area contributed by atoms with Crippen LogP contribution in [0.3, 0.4) is 0 Å². The number of aliphatic hydroxyl groups is 1. The molecule has 3 rings (SSSR count). The van der Waals surface area contributed by atoms with Gasteiger partial charge in [-0.05, 0) is 26.3 Å². The topological polar surface area (TPSA) is 102 Å². The summed E-state index contributed by atoms with van der Waals surface area (Å²) in [5.41, 5.74) is -0.571. The summed E-state index contributed by atoms with van der Waals surface area (Å²) in [6.07, 6.45) is 5.52. The number of aliphatic hydroxyl groups excluding tert-OH is 1. The maximum absolute atomic E-state index is 12.7. The first-order valence-electron chi connectivity index (χ1n) is 9.74. The minimum atomic E-state index is -0.960. The van der Waals surface area contributed by atoms with Gasteiger partial charge in [-0.3, -0.25) is 14.4 Å². The van der Waals surface area contributed by atoms with Crippen LogP contribution in [0, 0.1) is 5.41 Å². The molecule has 1 fully saturated rings.